The molecule has 4 aromatic rings. The van der Waals surface area contributed by atoms with Crippen molar-refractivity contribution >= 4 is 28.2 Å². The minimum absolute atomic E-state index is 0.000542. The Morgan fingerprint density at radius 2 is 1.60 bits per heavy atom. The first-order chi connectivity index (χ1) is 22.8. The Morgan fingerprint density at radius 1 is 0.915 bits per heavy atom. The van der Waals surface area contributed by atoms with Gasteiger partial charge in [0.05, 0.1) is 25.7 Å². The SMILES string of the molecule is COc1ccc2c(Oc3ccc(CC(=O)C4(C(=O)Cc5ccc(C)cc5)CC4)cc3F)ccnc2c1N1CC(CN2CCOCC2)C1. The van der Waals surface area contributed by atoms with Crippen LogP contribution in [0.4, 0.5) is 10.1 Å². The monoisotopic (exact) mass is 637 g/mol. The van der Waals surface area contributed by atoms with E-state index in [0.29, 0.717) is 30.1 Å². The summed E-state index contributed by atoms with van der Waals surface area (Å²) < 4.78 is 32.8. The number of hydrogen-bond acceptors (Lipinski definition) is 8. The maximum atomic E-state index is 15.4. The van der Waals surface area contributed by atoms with Gasteiger partial charge in [-0.3, -0.25) is 19.5 Å². The van der Waals surface area contributed by atoms with E-state index < -0.39 is 11.2 Å². The van der Waals surface area contributed by atoms with Gasteiger partial charge in [0.25, 0.3) is 0 Å². The first kappa shape index (κ1) is 31.3. The van der Waals surface area contributed by atoms with Crippen molar-refractivity contribution in [1.29, 1.82) is 0 Å². The molecule has 0 amide bonds. The van der Waals surface area contributed by atoms with E-state index in [9.17, 15) is 9.59 Å². The van der Waals surface area contributed by atoms with Gasteiger partial charge < -0.3 is 19.1 Å². The number of carbonyl (C=O) groups is 2. The molecule has 9 heteroatoms. The summed E-state index contributed by atoms with van der Waals surface area (Å²) in [5.74, 6) is 1.04. The number of nitrogens with zero attached hydrogens (tertiary/aromatic N) is 3. The molecule has 1 saturated carbocycles. The number of benzene rings is 3. The number of morpholine rings is 1. The molecule has 0 bridgehead atoms. The molecule has 0 radical (unpaired) electrons. The zero-order valence-electron chi connectivity index (χ0n) is 27.0. The van der Waals surface area contributed by atoms with Crippen molar-refractivity contribution in [3.05, 3.63) is 89.4 Å². The fourth-order valence-corrected chi connectivity index (χ4v) is 6.84. The number of aryl methyl sites for hydroxylation is 1. The molecule has 244 valence electrons. The molecule has 3 aliphatic rings. The van der Waals surface area contributed by atoms with Gasteiger partial charge in [0, 0.05) is 63.1 Å². The quantitative estimate of drug-likeness (QED) is 0.176. The number of ketones is 2. The first-order valence-corrected chi connectivity index (χ1v) is 16.4. The van der Waals surface area contributed by atoms with Crippen LogP contribution in [0.3, 0.4) is 0 Å². The van der Waals surface area contributed by atoms with Crippen molar-refractivity contribution in [3.8, 4) is 17.2 Å². The standard InChI is InChI=1S/C38H40FN3O5/c1-25-3-5-26(6-4-25)20-34(43)38(12-13-38)35(44)21-27-7-9-32(30(39)19-27)47-31-11-14-40-36-29(31)8-10-33(45-2)37(36)42-23-28(24-42)22-41-15-17-46-18-16-41/h3-11,14,19,28H,12-13,15-18,20-24H2,1-2H3. The molecule has 0 unspecified atom stereocenters. The summed E-state index contributed by atoms with van der Waals surface area (Å²) in [5.41, 5.74) is 3.23. The summed E-state index contributed by atoms with van der Waals surface area (Å²) in [5, 5.41) is 0.751. The molecule has 7 rings (SSSR count). The third-order valence-corrected chi connectivity index (χ3v) is 9.81. The molecular formula is C38H40FN3O5. The number of carbonyl (C=O) groups excluding carboxylic acids is 2. The molecule has 47 heavy (non-hydrogen) atoms. The number of aromatic nitrogens is 1. The van der Waals surface area contributed by atoms with Crippen LogP contribution in [0.2, 0.25) is 0 Å². The molecule has 0 N–H and O–H groups in total. The largest absolute Gasteiger partial charge is 0.494 e. The summed E-state index contributed by atoms with van der Waals surface area (Å²) in [7, 11) is 1.66. The zero-order valence-corrected chi connectivity index (χ0v) is 27.0. The summed E-state index contributed by atoms with van der Waals surface area (Å²) in [6, 6.07) is 17.9. The first-order valence-electron chi connectivity index (χ1n) is 16.4. The lowest BCUT2D eigenvalue weighted by atomic mass is 9.87. The van der Waals surface area contributed by atoms with Gasteiger partial charge in [-0.05, 0) is 61.2 Å². The molecule has 2 aliphatic heterocycles. The van der Waals surface area contributed by atoms with Crippen LogP contribution in [0, 0.1) is 24.1 Å². The van der Waals surface area contributed by atoms with E-state index in [1.807, 2.05) is 43.3 Å². The lowest BCUT2D eigenvalue weighted by Crippen LogP contribution is -2.53. The molecule has 2 saturated heterocycles. The summed E-state index contributed by atoms with van der Waals surface area (Å²) >= 11 is 0. The number of hydrogen-bond donors (Lipinski definition) is 0. The van der Waals surface area contributed by atoms with Gasteiger partial charge in [-0.15, -0.1) is 0 Å². The van der Waals surface area contributed by atoms with E-state index in [0.717, 1.165) is 79.4 Å². The maximum absolute atomic E-state index is 15.4. The van der Waals surface area contributed by atoms with Crippen molar-refractivity contribution in [2.45, 2.75) is 32.6 Å². The minimum Gasteiger partial charge on any atom is -0.494 e. The van der Waals surface area contributed by atoms with Crippen molar-refractivity contribution < 1.29 is 28.2 Å². The fraction of sp³-hybridized carbons (Fsp3) is 0.395. The molecule has 3 aromatic carbocycles. The van der Waals surface area contributed by atoms with Gasteiger partial charge in [0.2, 0.25) is 0 Å². The highest BCUT2D eigenvalue weighted by Gasteiger charge is 2.54. The lowest BCUT2D eigenvalue weighted by molar-refractivity contribution is -0.133. The van der Waals surface area contributed by atoms with Crippen LogP contribution in [-0.2, 0) is 27.2 Å². The lowest BCUT2D eigenvalue weighted by Gasteiger charge is -2.44. The van der Waals surface area contributed by atoms with E-state index in [1.54, 1.807) is 31.5 Å². The third kappa shape index (κ3) is 6.47. The van der Waals surface area contributed by atoms with E-state index in [2.05, 4.69) is 9.80 Å². The highest BCUT2D eigenvalue weighted by Crippen LogP contribution is 2.49. The van der Waals surface area contributed by atoms with Gasteiger partial charge in [-0.25, -0.2) is 4.39 Å². The highest BCUT2D eigenvalue weighted by atomic mass is 19.1. The maximum Gasteiger partial charge on any atom is 0.166 e. The van der Waals surface area contributed by atoms with E-state index in [1.165, 1.54) is 6.07 Å². The van der Waals surface area contributed by atoms with E-state index in [-0.39, 0.29) is 30.2 Å². The van der Waals surface area contributed by atoms with Gasteiger partial charge in [0.15, 0.2) is 23.1 Å². The van der Waals surface area contributed by atoms with Crippen molar-refractivity contribution in [3.63, 3.8) is 0 Å². The van der Waals surface area contributed by atoms with Gasteiger partial charge in [-0.1, -0.05) is 35.9 Å². The Morgan fingerprint density at radius 3 is 2.28 bits per heavy atom. The average Bonchev–Trinajstić information content (AvgIpc) is 3.88. The number of rotatable bonds is 12. The number of Topliss-reactive ketones (excluding diaryl/α,β-unsaturated/α-hetero) is 2. The predicted molar refractivity (Wildman–Crippen MR) is 178 cm³/mol. The van der Waals surface area contributed by atoms with E-state index >= 15 is 4.39 Å². The molecule has 8 nitrogen and oxygen atoms in total. The van der Waals surface area contributed by atoms with Crippen molar-refractivity contribution in [2.24, 2.45) is 11.3 Å². The molecule has 0 spiro atoms. The molecule has 1 aliphatic carbocycles. The normalized spacial score (nSPS) is 17.7. The number of fused-ring (bicyclic) bond motifs is 1. The van der Waals surface area contributed by atoms with Gasteiger partial charge in [-0.2, -0.15) is 0 Å². The van der Waals surface area contributed by atoms with E-state index in [4.69, 9.17) is 19.2 Å². The summed E-state index contributed by atoms with van der Waals surface area (Å²) in [6.45, 7) is 8.35. The number of anilines is 1. The summed E-state index contributed by atoms with van der Waals surface area (Å²) in [6.07, 6.45) is 3.00. The minimum atomic E-state index is -0.954. The van der Waals surface area contributed by atoms with Crippen molar-refractivity contribution in [2.75, 3.05) is 57.9 Å². The number of pyridine rings is 1. The fourth-order valence-electron chi connectivity index (χ4n) is 6.84. The van der Waals surface area contributed by atoms with Crippen molar-refractivity contribution in [1.82, 2.24) is 9.88 Å². The topological polar surface area (TPSA) is 81.2 Å². The van der Waals surface area contributed by atoms with Crippen LogP contribution in [0.5, 0.6) is 17.2 Å². The highest BCUT2D eigenvalue weighted by molar-refractivity contribution is 6.11. The van der Waals surface area contributed by atoms with Crippen LogP contribution in [-0.4, -0.2) is 74.5 Å². The molecule has 3 fully saturated rings. The Balaban J connectivity index is 1.04. The second-order valence-electron chi connectivity index (χ2n) is 13.1. The van der Waals surface area contributed by atoms with Gasteiger partial charge >= 0.3 is 0 Å². The Kier molecular flexibility index (Phi) is 8.68. The zero-order chi connectivity index (χ0) is 32.5. The van der Waals surface area contributed by atoms with Crippen LogP contribution >= 0.6 is 0 Å². The van der Waals surface area contributed by atoms with Crippen LogP contribution in [0.1, 0.15) is 29.5 Å². The number of methoxy groups -OCH3 is 1. The van der Waals surface area contributed by atoms with Crippen LogP contribution in [0.25, 0.3) is 10.9 Å². The predicted octanol–water partition coefficient (Wildman–Crippen LogP) is 5.96. The average molecular weight is 638 g/mol. The van der Waals surface area contributed by atoms with Crippen LogP contribution < -0.4 is 14.4 Å². The van der Waals surface area contributed by atoms with Crippen LogP contribution in [0.15, 0.2) is 66.9 Å². The van der Waals surface area contributed by atoms with Gasteiger partial charge in [0.1, 0.15) is 22.7 Å². The molecular weight excluding hydrogens is 597 g/mol. The third-order valence-electron chi connectivity index (χ3n) is 9.81. The molecule has 3 heterocycles. The smallest absolute Gasteiger partial charge is 0.166 e. The summed E-state index contributed by atoms with van der Waals surface area (Å²) in [4.78, 5) is 35.9. The Labute approximate surface area is 274 Å². The second kappa shape index (κ2) is 13.0. The number of ether oxygens (including phenoxy) is 3. The Bertz CT molecular complexity index is 1790. The molecule has 1 aromatic heterocycles. The number of halogens is 1. The second-order valence-corrected chi connectivity index (χ2v) is 13.1. The molecule has 0 atom stereocenters. The Hall–Kier alpha value is -4.34.